The maximum absolute atomic E-state index is 12.4. The summed E-state index contributed by atoms with van der Waals surface area (Å²) >= 11 is 6.25. The van der Waals surface area contributed by atoms with Crippen LogP contribution in [0.2, 0.25) is 5.02 Å². The zero-order chi connectivity index (χ0) is 22.9. The number of benzene rings is 2. The Bertz CT molecular complexity index is 926. The Morgan fingerprint density at radius 3 is 2.50 bits per heavy atom. The molecule has 0 aliphatic heterocycles. The molecule has 1 amide bonds. The molecule has 172 valence electrons. The number of ether oxygens (including phenoxy) is 3. The normalized spacial score (nSPS) is 15.1. The summed E-state index contributed by atoms with van der Waals surface area (Å²) in [6.45, 7) is 0.545. The van der Waals surface area contributed by atoms with Crippen molar-refractivity contribution in [2.24, 2.45) is 0 Å². The molecule has 3 rings (SSSR count). The summed E-state index contributed by atoms with van der Waals surface area (Å²) in [6.07, 6.45) is 4.87. The molecular formula is C25H30ClNO5. The van der Waals surface area contributed by atoms with Crippen LogP contribution >= 0.6 is 11.6 Å². The van der Waals surface area contributed by atoms with E-state index in [1.165, 1.54) is 33.5 Å². The molecule has 0 bridgehead atoms. The van der Waals surface area contributed by atoms with Gasteiger partial charge in [0.1, 0.15) is 6.10 Å². The van der Waals surface area contributed by atoms with E-state index >= 15 is 0 Å². The van der Waals surface area contributed by atoms with E-state index in [0.29, 0.717) is 16.5 Å². The van der Waals surface area contributed by atoms with Crippen LogP contribution in [0.4, 0.5) is 4.79 Å². The topological polar surface area (TPSA) is 73.9 Å². The van der Waals surface area contributed by atoms with Gasteiger partial charge in [-0.2, -0.15) is 0 Å². The molecule has 0 heterocycles. The second-order valence-electron chi connectivity index (χ2n) is 7.94. The largest absolute Gasteiger partial charge is 0.465 e. The Labute approximate surface area is 194 Å². The molecule has 1 fully saturated rings. The number of nitrogens with one attached hydrogen (secondary N) is 1. The number of hydrogen-bond acceptors (Lipinski definition) is 5. The summed E-state index contributed by atoms with van der Waals surface area (Å²) in [4.78, 5) is 23.8. The monoisotopic (exact) mass is 459 g/mol. The minimum Gasteiger partial charge on any atom is -0.465 e. The Hall–Kier alpha value is -2.57. The van der Waals surface area contributed by atoms with Crippen molar-refractivity contribution in [1.29, 1.82) is 0 Å². The molecular weight excluding hydrogens is 430 g/mol. The highest BCUT2D eigenvalue weighted by atomic mass is 35.5. The standard InChI is InChI=1S/C25H30ClNO5/c1-30-24(28)21-14-19(17-7-4-3-5-8-17)13-20(15-21)23(18-9-6-10-22(26)16-18)32-12-11-27-25(29)31-2/h6,9-10,13-17,23H,3-5,7-8,11-12H2,1-2H3,(H,27,29). The molecule has 1 N–H and O–H groups in total. The maximum Gasteiger partial charge on any atom is 0.406 e. The minimum atomic E-state index is -0.514. The van der Waals surface area contributed by atoms with Crippen LogP contribution in [-0.4, -0.2) is 39.4 Å². The fourth-order valence-corrected chi connectivity index (χ4v) is 4.39. The van der Waals surface area contributed by atoms with Crippen molar-refractivity contribution in [3.8, 4) is 0 Å². The molecule has 7 heteroatoms. The van der Waals surface area contributed by atoms with Crippen molar-refractivity contribution in [3.63, 3.8) is 0 Å². The Balaban J connectivity index is 1.95. The third-order valence-electron chi connectivity index (χ3n) is 5.77. The molecule has 2 aromatic carbocycles. The molecule has 32 heavy (non-hydrogen) atoms. The number of methoxy groups -OCH3 is 2. The van der Waals surface area contributed by atoms with Crippen LogP contribution in [0.5, 0.6) is 0 Å². The number of esters is 1. The van der Waals surface area contributed by atoms with Crippen molar-refractivity contribution in [2.45, 2.75) is 44.1 Å². The second kappa shape index (κ2) is 11.9. The van der Waals surface area contributed by atoms with Crippen LogP contribution in [0, 0.1) is 0 Å². The zero-order valence-corrected chi connectivity index (χ0v) is 19.3. The smallest absolute Gasteiger partial charge is 0.406 e. The summed E-state index contributed by atoms with van der Waals surface area (Å²) in [6, 6.07) is 13.4. The van der Waals surface area contributed by atoms with Gasteiger partial charge in [-0.05, 0) is 59.7 Å². The number of halogens is 1. The molecule has 1 saturated carbocycles. The predicted molar refractivity (Wildman–Crippen MR) is 123 cm³/mol. The second-order valence-corrected chi connectivity index (χ2v) is 8.38. The number of alkyl carbamates (subject to hydrolysis) is 1. The number of carbonyl (C=O) groups is 2. The molecule has 0 radical (unpaired) electrons. The summed E-state index contributed by atoms with van der Waals surface area (Å²) in [5.41, 5.74) is 3.36. The Morgan fingerprint density at radius 2 is 1.81 bits per heavy atom. The van der Waals surface area contributed by atoms with Crippen molar-refractivity contribution in [1.82, 2.24) is 5.32 Å². The number of hydrogen-bond donors (Lipinski definition) is 1. The summed E-state index contributed by atoms with van der Waals surface area (Å²) in [7, 11) is 2.70. The van der Waals surface area contributed by atoms with Gasteiger partial charge in [0.25, 0.3) is 0 Å². The van der Waals surface area contributed by atoms with E-state index < -0.39 is 12.2 Å². The molecule has 1 unspecified atom stereocenters. The van der Waals surface area contributed by atoms with Crippen LogP contribution in [0.3, 0.4) is 0 Å². The molecule has 1 atom stereocenters. The lowest BCUT2D eigenvalue weighted by Gasteiger charge is -2.25. The van der Waals surface area contributed by atoms with E-state index in [9.17, 15) is 9.59 Å². The molecule has 2 aromatic rings. The lowest BCUT2D eigenvalue weighted by Crippen LogP contribution is -2.27. The number of rotatable bonds is 8. The van der Waals surface area contributed by atoms with Gasteiger partial charge in [-0.1, -0.05) is 49.1 Å². The van der Waals surface area contributed by atoms with E-state index in [0.717, 1.165) is 29.5 Å². The van der Waals surface area contributed by atoms with Crippen molar-refractivity contribution < 1.29 is 23.8 Å². The lowest BCUT2D eigenvalue weighted by molar-refractivity contribution is 0.0598. The first-order valence-electron chi connectivity index (χ1n) is 10.9. The minimum absolute atomic E-state index is 0.257. The van der Waals surface area contributed by atoms with Crippen LogP contribution in [0.1, 0.15) is 71.2 Å². The molecule has 0 aromatic heterocycles. The van der Waals surface area contributed by atoms with Gasteiger partial charge < -0.3 is 19.5 Å². The Morgan fingerprint density at radius 1 is 1.03 bits per heavy atom. The van der Waals surface area contributed by atoms with Crippen molar-refractivity contribution >= 4 is 23.7 Å². The maximum atomic E-state index is 12.4. The van der Waals surface area contributed by atoms with E-state index in [4.69, 9.17) is 21.1 Å². The zero-order valence-electron chi connectivity index (χ0n) is 18.6. The van der Waals surface area contributed by atoms with E-state index in [2.05, 4.69) is 16.1 Å². The van der Waals surface area contributed by atoms with Crippen LogP contribution < -0.4 is 5.32 Å². The third-order valence-corrected chi connectivity index (χ3v) is 6.01. The first-order valence-corrected chi connectivity index (χ1v) is 11.3. The van der Waals surface area contributed by atoms with Crippen molar-refractivity contribution in [3.05, 3.63) is 69.7 Å². The predicted octanol–water partition coefficient (Wildman–Crippen LogP) is 5.64. The SMILES string of the molecule is COC(=O)NCCOC(c1cccc(Cl)c1)c1cc(C(=O)OC)cc(C2CCCCC2)c1. The van der Waals surface area contributed by atoms with Crippen LogP contribution in [0.15, 0.2) is 42.5 Å². The van der Waals surface area contributed by atoms with E-state index in [1.54, 1.807) is 6.07 Å². The van der Waals surface area contributed by atoms with Gasteiger partial charge in [-0.15, -0.1) is 0 Å². The molecule has 0 spiro atoms. The molecule has 1 aliphatic rings. The highest BCUT2D eigenvalue weighted by molar-refractivity contribution is 6.30. The molecule has 6 nitrogen and oxygen atoms in total. The quantitative estimate of drug-likeness (QED) is 0.408. The van der Waals surface area contributed by atoms with Gasteiger partial charge in [0.05, 0.1) is 26.4 Å². The van der Waals surface area contributed by atoms with E-state index in [1.807, 2.05) is 30.3 Å². The lowest BCUT2D eigenvalue weighted by atomic mass is 9.82. The van der Waals surface area contributed by atoms with Crippen LogP contribution in [0.25, 0.3) is 0 Å². The van der Waals surface area contributed by atoms with Crippen LogP contribution in [-0.2, 0) is 14.2 Å². The van der Waals surface area contributed by atoms with Gasteiger partial charge in [0.2, 0.25) is 0 Å². The first kappa shape index (κ1) is 24.1. The molecule has 0 saturated heterocycles. The van der Waals surface area contributed by atoms with Crippen molar-refractivity contribution in [2.75, 3.05) is 27.4 Å². The Kier molecular flexibility index (Phi) is 8.94. The van der Waals surface area contributed by atoms with Gasteiger partial charge >= 0.3 is 12.1 Å². The van der Waals surface area contributed by atoms with Gasteiger partial charge in [0.15, 0.2) is 0 Å². The molecule has 1 aliphatic carbocycles. The fourth-order valence-electron chi connectivity index (χ4n) is 4.19. The van der Waals surface area contributed by atoms with Gasteiger partial charge in [0, 0.05) is 11.6 Å². The van der Waals surface area contributed by atoms with E-state index in [-0.39, 0.29) is 19.1 Å². The average Bonchev–Trinajstić information content (AvgIpc) is 2.83. The highest BCUT2D eigenvalue weighted by Gasteiger charge is 2.23. The third kappa shape index (κ3) is 6.47. The summed E-state index contributed by atoms with van der Waals surface area (Å²) < 4.78 is 15.8. The van der Waals surface area contributed by atoms with Gasteiger partial charge in [-0.3, -0.25) is 0 Å². The number of amides is 1. The fraction of sp³-hybridized carbons (Fsp3) is 0.440. The van der Waals surface area contributed by atoms with Gasteiger partial charge in [-0.25, -0.2) is 9.59 Å². The highest BCUT2D eigenvalue weighted by Crippen LogP contribution is 2.36. The summed E-state index contributed by atoms with van der Waals surface area (Å²) in [5.74, 6) is 0.0363. The number of carbonyl (C=O) groups excluding carboxylic acids is 2. The average molecular weight is 460 g/mol. The first-order chi connectivity index (χ1) is 15.5. The summed E-state index contributed by atoms with van der Waals surface area (Å²) in [5, 5.41) is 3.22.